The number of allylic oxidation sites excluding steroid dienone is 1. The van der Waals surface area contributed by atoms with Crippen LogP contribution in [0.25, 0.3) is 0 Å². The Hall–Kier alpha value is -1.24. The minimum Gasteiger partial charge on any atom is -0.388 e. The Morgan fingerprint density at radius 3 is 2.53 bits per heavy atom. The summed E-state index contributed by atoms with van der Waals surface area (Å²) in [6.45, 7) is 2.24. The van der Waals surface area contributed by atoms with Crippen LogP contribution in [0, 0.1) is 0 Å². The van der Waals surface area contributed by atoms with Gasteiger partial charge in [-0.1, -0.05) is 62.6 Å². The van der Waals surface area contributed by atoms with Crippen molar-refractivity contribution in [3.05, 3.63) is 48.2 Å². The quantitative estimate of drug-likeness (QED) is 0.815. The summed E-state index contributed by atoms with van der Waals surface area (Å²) in [6.07, 6.45) is 11.3. The van der Waals surface area contributed by atoms with Crippen molar-refractivity contribution < 1.29 is 0 Å². The van der Waals surface area contributed by atoms with Gasteiger partial charge in [0, 0.05) is 12.0 Å². The molecule has 0 spiro atoms. The summed E-state index contributed by atoms with van der Waals surface area (Å²) in [6, 6.07) is 11.4. The molecule has 1 saturated carbocycles. The highest BCUT2D eigenvalue weighted by Crippen LogP contribution is 2.18. The van der Waals surface area contributed by atoms with Crippen LogP contribution in [0.5, 0.6) is 0 Å². The highest BCUT2D eigenvalue weighted by Gasteiger charge is 2.10. The van der Waals surface area contributed by atoms with E-state index < -0.39 is 0 Å². The van der Waals surface area contributed by atoms with Gasteiger partial charge in [-0.3, -0.25) is 0 Å². The first kappa shape index (κ1) is 12.2. The summed E-state index contributed by atoms with van der Waals surface area (Å²) in [5.74, 6) is 0.493. The van der Waals surface area contributed by atoms with E-state index in [9.17, 15) is 0 Å². The van der Waals surface area contributed by atoms with Crippen LogP contribution in [0.1, 0.15) is 50.5 Å². The SMILES string of the molecule is CC(C=CNC1CCCCC1)c1ccccc1. The second-order valence-corrected chi connectivity index (χ2v) is 5.06. The number of benzene rings is 1. The van der Waals surface area contributed by atoms with E-state index in [4.69, 9.17) is 0 Å². The Kier molecular flexibility index (Phi) is 4.66. The van der Waals surface area contributed by atoms with Crippen molar-refractivity contribution in [2.75, 3.05) is 0 Å². The lowest BCUT2D eigenvalue weighted by molar-refractivity contribution is 0.404. The second kappa shape index (κ2) is 6.48. The Balaban J connectivity index is 1.80. The summed E-state index contributed by atoms with van der Waals surface area (Å²) in [5, 5.41) is 3.54. The molecule has 1 heteroatoms. The third-order valence-corrected chi connectivity index (χ3v) is 3.65. The van der Waals surface area contributed by atoms with Crippen molar-refractivity contribution in [2.24, 2.45) is 0 Å². The average Bonchev–Trinajstić information content (AvgIpc) is 2.41. The third-order valence-electron chi connectivity index (χ3n) is 3.65. The molecule has 1 fully saturated rings. The van der Waals surface area contributed by atoms with Crippen LogP contribution in [0.3, 0.4) is 0 Å². The predicted octanol–water partition coefficient (Wildman–Crippen LogP) is 4.23. The minimum absolute atomic E-state index is 0.493. The zero-order valence-electron chi connectivity index (χ0n) is 10.7. The van der Waals surface area contributed by atoms with Crippen molar-refractivity contribution in [2.45, 2.75) is 51.0 Å². The van der Waals surface area contributed by atoms with E-state index in [-0.39, 0.29) is 0 Å². The highest BCUT2D eigenvalue weighted by atomic mass is 14.9. The van der Waals surface area contributed by atoms with Crippen molar-refractivity contribution >= 4 is 0 Å². The van der Waals surface area contributed by atoms with Gasteiger partial charge in [-0.05, 0) is 24.6 Å². The standard InChI is InChI=1S/C16H23N/c1-14(15-8-4-2-5-9-15)12-13-17-16-10-6-3-7-11-16/h2,4-5,8-9,12-14,16-17H,3,6-7,10-11H2,1H3. The summed E-state index contributed by atoms with van der Waals surface area (Å²) in [4.78, 5) is 0. The lowest BCUT2D eigenvalue weighted by Crippen LogP contribution is -2.26. The molecule has 0 aliphatic heterocycles. The number of hydrogen-bond acceptors (Lipinski definition) is 1. The normalized spacial score (nSPS) is 19.4. The molecule has 92 valence electrons. The molecule has 1 aliphatic carbocycles. The molecular formula is C16H23N. The Labute approximate surface area is 105 Å². The van der Waals surface area contributed by atoms with Crippen molar-refractivity contribution in [1.82, 2.24) is 5.32 Å². The molecule has 1 aromatic carbocycles. The topological polar surface area (TPSA) is 12.0 Å². The van der Waals surface area contributed by atoms with Crippen LogP contribution in [-0.4, -0.2) is 6.04 Å². The van der Waals surface area contributed by atoms with Gasteiger partial charge in [0.15, 0.2) is 0 Å². The van der Waals surface area contributed by atoms with E-state index in [0.29, 0.717) is 12.0 Å². The minimum atomic E-state index is 0.493. The molecule has 0 bridgehead atoms. The van der Waals surface area contributed by atoms with E-state index >= 15 is 0 Å². The fourth-order valence-corrected chi connectivity index (χ4v) is 2.47. The smallest absolute Gasteiger partial charge is 0.0255 e. The van der Waals surface area contributed by atoms with E-state index in [1.807, 2.05) is 0 Å². The molecule has 1 N–H and O–H groups in total. The van der Waals surface area contributed by atoms with Gasteiger partial charge >= 0.3 is 0 Å². The summed E-state index contributed by atoms with van der Waals surface area (Å²) in [7, 11) is 0. The lowest BCUT2D eigenvalue weighted by Gasteiger charge is -2.21. The summed E-state index contributed by atoms with van der Waals surface area (Å²) >= 11 is 0. The fraction of sp³-hybridized carbons (Fsp3) is 0.500. The van der Waals surface area contributed by atoms with Crippen LogP contribution in [0.4, 0.5) is 0 Å². The van der Waals surface area contributed by atoms with E-state index in [1.54, 1.807) is 0 Å². The first-order chi connectivity index (χ1) is 8.36. The fourth-order valence-electron chi connectivity index (χ4n) is 2.47. The highest BCUT2D eigenvalue weighted by molar-refractivity contribution is 5.22. The average molecular weight is 229 g/mol. The van der Waals surface area contributed by atoms with Crippen LogP contribution in [0.15, 0.2) is 42.6 Å². The van der Waals surface area contributed by atoms with Crippen LogP contribution >= 0.6 is 0 Å². The molecule has 0 aromatic heterocycles. The van der Waals surface area contributed by atoms with Gasteiger partial charge in [0.25, 0.3) is 0 Å². The molecule has 2 rings (SSSR count). The Morgan fingerprint density at radius 2 is 1.82 bits per heavy atom. The second-order valence-electron chi connectivity index (χ2n) is 5.06. The van der Waals surface area contributed by atoms with Gasteiger partial charge in [-0.25, -0.2) is 0 Å². The van der Waals surface area contributed by atoms with Gasteiger partial charge in [-0.2, -0.15) is 0 Å². The van der Waals surface area contributed by atoms with Crippen molar-refractivity contribution in [3.63, 3.8) is 0 Å². The molecule has 1 unspecified atom stereocenters. The maximum absolute atomic E-state index is 3.54. The number of nitrogens with one attached hydrogen (secondary N) is 1. The molecule has 1 aliphatic rings. The first-order valence-electron chi connectivity index (χ1n) is 6.84. The van der Waals surface area contributed by atoms with Crippen LogP contribution < -0.4 is 5.32 Å². The van der Waals surface area contributed by atoms with Crippen molar-refractivity contribution in [1.29, 1.82) is 0 Å². The van der Waals surface area contributed by atoms with E-state index in [1.165, 1.54) is 37.7 Å². The van der Waals surface area contributed by atoms with Crippen LogP contribution in [0.2, 0.25) is 0 Å². The summed E-state index contributed by atoms with van der Waals surface area (Å²) < 4.78 is 0. The number of rotatable bonds is 4. The Bertz CT molecular complexity index is 336. The molecule has 0 amide bonds. The molecular weight excluding hydrogens is 206 g/mol. The molecule has 1 atom stereocenters. The Morgan fingerprint density at radius 1 is 1.12 bits per heavy atom. The van der Waals surface area contributed by atoms with E-state index in [2.05, 4.69) is 54.8 Å². The molecule has 0 saturated heterocycles. The van der Waals surface area contributed by atoms with Gasteiger partial charge in [0.2, 0.25) is 0 Å². The largest absolute Gasteiger partial charge is 0.388 e. The van der Waals surface area contributed by atoms with E-state index in [0.717, 1.165) is 0 Å². The molecule has 0 radical (unpaired) electrons. The molecule has 1 nitrogen and oxygen atoms in total. The maximum Gasteiger partial charge on any atom is 0.0255 e. The third kappa shape index (κ3) is 3.92. The predicted molar refractivity (Wildman–Crippen MR) is 74.0 cm³/mol. The molecule has 17 heavy (non-hydrogen) atoms. The molecule has 0 heterocycles. The number of hydrogen-bond donors (Lipinski definition) is 1. The lowest BCUT2D eigenvalue weighted by atomic mass is 9.95. The van der Waals surface area contributed by atoms with Gasteiger partial charge < -0.3 is 5.32 Å². The maximum atomic E-state index is 3.54. The first-order valence-corrected chi connectivity index (χ1v) is 6.84. The zero-order chi connectivity index (χ0) is 11.9. The van der Waals surface area contributed by atoms with Gasteiger partial charge in [-0.15, -0.1) is 0 Å². The van der Waals surface area contributed by atoms with Crippen molar-refractivity contribution in [3.8, 4) is 0 Å². The van der Waals surface area contributed by atoms with Gasteiger partial charge in [0.05, 0.1) is 0 Å². The monoisotopic (exact) mass is 229 g/mol. The van der Waals surface area contributed by atoms with Crippen LogP contribution in [-0.2, 0) is 0 Å². The van der Waals surface area contributed by atoms with Gasteiger partial charge in [0.1, 0.15) is 0 Å². The molecule has 1 aromatic rings. The summed E-state index contributed by atoms with van der Waals surface area (Å²) in [5.41, 5.74) is 1.38. The zero-order valence-corrected chi connectivity index (χ0v) is 10.7.